The molecule has 0 saturated heterocycles. The Morgan fingerprint density at radius 1 is 0.333 bits per heavy atom. The van der Waals surface area contributed by atoms with Crippen molar-refractivity contribution in [3.63, 3.8) is 0 Å². The van der Waals surface area contributed by atoms with E-state index in [1.807, 2.05) is 12.1 Å². The molecule has 0 atom stereocenters. The maximum absolute atomic E-state index is 6.45. The molecule has 0 bridgehead atoms. The molecule has 11 aromatic carbocycles. The van der Waals surface area contributed by atoms with E-state index in [-0.39, 0.29) is 0 Å². The van der Waals surface area contributed by atoms with Gasteiger partial charge in [0.05, 0.1) is 22.4 Å². The molecule has 63 heavy (non-hydrogen) atoms. The summed E-state index contributed by atoms with van der Waals surface area (Å²) in [4.78, 5) is 2.41. The predicted molar refractivity (Wildman–Crippen MR) is 264 cm³/mol. The number of rotatable bonds is 6. The molecule has 2 heterocycles. The summed E-state index contributed by atoms with van der Waals surface area (Å²) in [5.41, 5.74) is 13.7. The van der Waals surface area contributed by atoms with Crippen LogP contribution in [0.25, 0.3) is 93.2 Å². The Labute approximate surface area is 364 Å². The van der Waals surface area contributed by atoms with Crippen LogP contribution in [-0.4, -0.2) is 4.57 Å². The summed E-state index contributed by atoms with van der Waals surface area (Å²) in [6, 6.07) is 83.6. The van der Waals surface area contributed by atoms with Gasteiger partial charge in [0.25, 0.3) is 0 Å². The first-order chi connectivity index (χ1) is 31.2. The van der Waals surface area contributed by atoms with Crippen molar-refractivity contribution in [1.29, 1.82) is 0 Å². The van der Waals surface area contributed by atoms with Crippen molar-refractivity contribution in [2.45, 2.75) is 0 Å². The van der Waals surface area contributed by atoms with E-state index in [9.17, 15) is 0 Å². The summed E-state index contributed by atoms with van der Waals surface area (Å²) >= 11 is 0. The average Bonchev–Trinajstić information content (AvgIpc) is 3.69. The second-order valence-corrected chi connectivity index (χ2v) is 16.5. The molecule has 1 aliphatic rings. The lowest BCUT2D eigenvalue weighted by molar-refractivity contribution is 0.476. The highest BCUT2D eigenvalue weighted by atomic mass is 16.5. The van der Waals surface area contributed by atoms with Crippen LogP contribution < -0.4 is 9.64 Å². The van der Waals surface area contributed by atoms with Gasteiger partial charge in [-0.25, -0.2) is 0 Å². The maximum atomic E-state index is 6.45. The largest absolute Gasteiger partial charge is 0.453 e. The van der Waals surface area contributed by atoms with Crippen LogP contribution in [-0.2, 0) is 0 Å². The van der Waals surface area contributed by atoms with Gasteiger partial charge in [-0.2, -0.15) is 0 Å². The van der Waals surface area contributed by atoms with Gasteiger partial charge in [-0.1, -0.05) is 164 Å². The van der Waals surface area contributed by atoms with Crippen molar-refractivity contribution in [2.75, 3.05) is 4.90 Å². The number of fused-ring (bicyclic) bond motifs is 9. The zero-order valence-corrected chi connectivity index (χ0v) is 34.2. The molecule has 0 aliphatic carbocycles. The maximum Gasteiger partial charge on any atom is 0.152 e. The van der Waals surface area contributed by atoms with Crippen LogP contribution in [0.2, 0.25) is 0 Å². The van der Waals surface area contributed by atoms with Crippen molar-refractivity contribution in [3.05, 3.63) is 231 Å². The summed E-state index contributed by atoms with van der Waals surface area (Å²) < 4.78 is 8.80. The van der Waals surface area contributed by atoms with E-state index in [2.05, 4.69) is 228 Å². The molecule has 3 heteroatoms. The van der Waals surface area contributed by atoms with Crippen LogP contribution in [0, 0.1) is 0 Å². The number of ether oxygens (including phenoxy) is 1. The number of aromatic nitrogens is 1. The first-order valence-electron chi connectivity index (χ1n) is 21.6. The van der Waals surface area contributed by atoms with Gasteiger partial charge in [0.1, 0.15) is 0 Å². The standard InChI is InChI=1S/C60H38N2O/c1-2-13-43-37-44(24-23-39(43)11-1)40-25-31-46(32-26-40)61(47-33-27-42(28-34-47)49-16-9-17-51-48-14-4-3-12-41(48)29-35-52(49)51)55-19-6-5-15-50(55)45-30-36-56-54(38-45)53-18-10-22-59-60(53)62(56)57-20-7-8-21-58(57)63-59/h1-38H. The summed E-state index contributed by atoms with van der Waals surface area (Å²) in [5, 5.41) is 9.91. The van der Waals surface area contributed by atoms with Crippen LogP contribution in [0.4, 0.5) is 17.1 Å². The molecule has 12 aromatic rings. The van der Waals surface area contributed by atoms with E-state index in [1.165, 1.54) is 65.3 Å². The van der Waals surface area contributed by atoms with Gasteiger partial charge in [-0.15, -0.1) is 0 Å². The van der Waals surface area contributed by atoms with Crippen molar-refractivity contribution in [3.8, 4) is 50.6 Å². The van der Waals surface area contributed by atoms with Gasteiger partial charge in [0.15, 0.2) is 11.5 Å². The monoisotopic (exact) mass is 802 g/mol. The fourth-order valence-electron chi connectivity index (χ4n) is 9.98. The number of para-hydroxylation sites is 4. The number of benzene rings is 11. The van der Waals surface area contributed by atoms with Crippen molar-refractivity contribution in [1.82, 2.24) is 4.57 Å². The lowest BCUT2D eigenvalue weighted by Crippen LogP contribution is -2.11. The van der Waals surface area contributed by atoms with Gasteiger partial charge in [0.2, 0.25) is 0 Å². The van der Waals surface area contributed by atoms with E-state index >= 15 is 0 Å². The molecular formula is C60H38N2O. The van der Waals surface area contributed by atoms with Crippen LogP contribution >= 0.6 is 0 Å². The third kappa shape index (κ3) is 5.67. The van der Waals surface area contributed by atoms with Crippen LogP contribution in [0.3, 0.4) is 0 Å². The Kier molecular flexibility index (Phi) is 7.91. The third-order valence-electron chi connectivity index (χ3n) is 13.0. The number of nitrogens with zero attached hydrogens (tertiary/aromatic N) is 2. The molecule has 1 aromatic heterocycles. The fourth-order valence-corrected chi connectivity index (χ4v) is 9.98. The Morgan fingerprint density at radius 2 is 0.952 bits per heavy atom. The van der Waals surface area contributed by atoms with Gasteiger partial charge in [-0.05, 0) is 127 Å². The second kappa shape index (κ2) is 14.1. The van der Waals surface area contributed by atoms with Crippen molar-refractivity contribution >= 4 is 71.2 Å². The van der Waals surface area contributed by atoms with Crippen molar-refractivity contribution in [2.24, 2.45) is 0 Å². The summed E-state index contributed by atoms with van der Waals surface area (Å²) in [6.07, 6.45) is 0. The zero-order valence-electron chi connectivity index (χ0n) is 34.2. The van der Waals surface area contributed by atoms with E-state index in [4.69, 9.17) is 4.74 Å². The van der Waals surface area contributed by atoms with Gasteiger partial charge in [-0.3, -0.25) is 0 Å². The molecular weight excluding hydrogens is 765 g/mol. The quantitative estimate of drug-likeness (QED) is 0.156. The smallest absolute Gasteiger partial charge is 0.152 e. The highest BCUT2D eigenvalue weighted by Gasteiger charge is 2.24. The molecule has 0 saturated carbocycles. The molecule has 0 N–H and O–H groups in total. The lowest BCUT2D eigenvalue weighted by atomic mass is 9.94. The molecule has 0 unspecified atom stereocenters. The highest BCUT2D eigenvalue weighted by Crippen LogP contribution is 2.48. The first kappa shape index (κ1) is 35.4. The molecule has 0 fully saturated rings. The number of hydrogen-bond acceptors (Lipinski definition) is 2. The van der Waals surface area contributed by atoms with Crippen LogP contribution in [0.15, 0.2) is 231 Å². The van der Waals surface area contributed by atoms with Crippen LogP contribution in [0.5, 0.6) is 11.5 Å². The minimum absolute atomic E-state index is 0.867. The summed E-state index contributed by atoms with van der Waals surface area (Å²) in [7, 11) is 0. The van der Waals surface area contributed by atoms with Crippen LogP contribution in [0.1, 0.15) is 0 Å². The minimum atomic E-state index is 0.867. The Morgan fingerprint density at radius 3 is 1.83 bits per heavy atom. The second-order valence-electron chi connectivity index (χ2n) is 16.5. The molecule has 3 nitrogen and oxygen atoms in total. The van der Waals surface area contributed by atoms with Gasteiger partial charge < -0.3 is 14.2 Å². The lowest BCUT2D eigenvalue weighted by Gasteiger charge is -2.28. The highest BCUT2D eigenvalue weighted by molar-refractivity contribution is 6.14. The van der Waals surface area contributed by atoms with Gasteiger partial charge in [0, 0.05) is 27.7 Å². The summed E-state index contributed by atoms with van der Waals surface area (Å²) in [6.45, 7) is 0. The first-order valence-corrected chi connectivity index (χ1v) is 21.6. The zero-order chi connectivity index (χ0) is 41.4. The van der Waals surface area contributed by atoms with Gasteiger partial charge >= 0.3 is 0 Å². The minimum Gasteiger partial charge on any atom is -0.453 e. The Bertz CT molecular complexity index is 3770. The number of anilines is 3. The third-order valence-corrected chi connectivity index (χ3v) is 13.0. The van der Waals surface area contributed by atoms with E-state index < -0.39 is 0 Å². The normalized spacial score (nSPS) is 11.9. The SMILES string of the molecule is c1ccc2c(c1)Oc1cccc3c4cc(-c5ccccc5N(c5ccc(-c6ccc7ccccc7c6)cc5)c5ccc(-c6cccc7c6ccc6ccccc67)cc5)ccc4n-2c13. The molecule has 1 aliphatic heterocycles. The molecule has 0 spiro atoms. The predicted octanol–water partition coefficient (Wildman–Crippen LogP) is 16.8. The molecule has 0 amide bonds. The molecule has 0 radical (unpaired) electrons. The Hall–Kier alpha value is -8.40. The molecule has 294 valence electrons. The average molecular weight is 803 g/mol. The molecule has 13 rings (SSSR count). The van der Waals surface area contributed by atoms with Crippen molar-refractivity contribution < 1.29 is 4.74 Å². The van der Waals surface area contributed by atoms with E-state index in [0.29, 0.717) is 0 Å². The Balaban J connectivity index is 0.960. The van der Waals surface area contributed by atoms with E-state index in [0.717, 1.165) is 56.4 Å². The van der Waals surface area contributed by atoms with E-state index in [1.54, 1.807) is 0 Å². The fraction of sp³-hybridized carbons (Fsp3) is 0. The number of hydrogen-bond donors (Lipinski definition) is 0. The summed E-state index contributed by atoms with van der Waals surface area (Å²) in [5.74, 6) is 1.75. The topological polar surface area (TPSA) is 17.4 Å².